The van der Waals surface area contributed by atoms with E-state index in [-0.39, 0.29) is 11.7 Å². The van der Waals surface area contributed by atoms with Crippen LogP contribution in [-0.4, -0.2) is 11.7 Å². The van der Waals surface area contributed by atoms with E-state index in [2.05, 4.69) is 12.2 Å². The topological polar surface area (TPSA) is 46.2 Å². The number of carbonyl (C=O) groups is 2. The second-order valence-corrected chi connectivity index (χ2v) is 4.73. The molecule has 3 nitrogen and oxygen atoms in total. The fourth-order valence-corrected chi connectivity index (χ4v) is 2.32. The number of Topliss-reactive ketones (excluding diaryl/α,β-unsaturated/α-hetero) is 1. The number of benzene rings is 1. The van der Waals surface area contributed by atoms with Crippen molar-refractivity contribution in [1.82, 2.24) is 5.32 Å². The number of allylic oxidation sites excluding steroid dienone is 2. The van der Waals surface area contributed by atoms with Gasteiger partial charge in [0.2, 0.25) is 11.7 Å². The molecule has 0 bridgehead atoms. The minimum Gasteiger partial charge on any atom is -0.323 e. The van der Waals surface area contributed by atoms with Gasteiger partial charge in [-0.1, -0.05) is 44.5 Å². The normalized spacial score (nSPS) is 13.7. The third kappa shape index (κ3) is 2.60. The average molecular weight is 257 g/mol. The first-order chi connectivity index (χ1) is 9.19. The summed E-state index contributed by atoms with van der Waals surface area (Å²) >= 11 is 0. The number of fused-ring (bicyclic) bond motifs is 1. The molecule has 1 amide bonds. The van der Waals surface area contributed by atoms with E-state index in [0.29, 0.717) is 17.7 Å². The van der Waals surface area contributed by atoms with Crippen LogP contribution >= 0.6 is 0 Å². The predicted octanol–water partition coefficient (Wildman–Crippen LogP) is 3.31. The third-order valence-corrected chi connectivity index (χ3v) is 3.39. The van der Waals surface area contributed by atoms with Crippen molar-refractivity contribution in [2.75, 3.05) is 0 Å². The maximum Gasteiger partial charge on any atom is 0.224 e. The van der Waals surface area contributed by atoms with Crippen molar-refractivity contribution in [3.05, 3.63) is 41.1 Å². The van der Waals surface area contributed by atoms with Crippen LogP contribution in [0.1, 0.15) is 55.5 Å². The minimum atomic E-state index is -0.106. The lowest BCUT2D eigenvalue weighted by atomic mass is 10.0. The molecule has 0 unspecified atom stereocenters. The van der Waals surface area contributed by atoms with Crippen LogP contribution in [0.5, 0.6) is 0 Å². The number of hydrogen-bond donors (Lipinski definition) is 1. The van der Waals surface area contributed by atoms with Gasteiger partial charge in [-0.25, -0.2) is 0 Å². The molecule has 0 heterocycles. The SMILES string of the molecule is CCCCC1=C(NC(=O)CC)C(=O)c2ccccc21. The number of hydrogen-bond acceptors (Lipinski definition) is 2. The molecule has 0 fully saturated rings. The van der Waals surface area contributed by atoms with Crippen LogP contribution in [0.2, 0.25) is 0 Å². The van der Waals surface area contributed by atoms with Gasteiger partial charge in [-0.2, -0.15) is 0 Å². The van der Waals surface area contributed by atoms with Crippen LogP contribution in [0.25, 0.3) is 5.57 Å². The molecule has 0 atom stereocenters. The molecule has 100 valence electrons. The Balaban J connectivity index is 2.39. The van der Waals surface area contributed by atoms with Crippen LogP contribution in [0.15, 0.2) is 30.0 Å². The lowest BCUT2D eigenvalue weighted by Crippen LogP contribution is -2.25. The van der Waals surface area contributed by atoms with Gasteiger partial charge < -0.3 is 5.32 Å². The molecule has 1 aromatic rings. The van der Waals surface area contributed by atoms with Crippen LogP contribution in [0.3, 0.4) is 0 Å². The number of nitrogens with one attached hydrogen (secondary N) is 1. The van der Waals surface area contributed by atoms with Crippen molar-refractivity contribution in [3.8, 4) is 0 Å². The summed E-state index contributed by atoms with van der Waals surface area (Å²) < 4.78 is 0. The Kier molecular flexibility index (Phi) is 4.15. The molecular weight excluding hydrogens is 238 g/mol. The van der Waals surface area contributed by atoms with E-state index >= 15 is 0 Å². The minimum absolute atomic E-state index is 0.0523. The predicted molar refractivity (Wildman–Crippen MR) is 75.7 cm³/mol. The molecule has 2 rings (SSSR count). The maximum atomic E-state index is 12.3. The lowest BCUT2D eigenvalue weighted by Gasteiger charge is -2.08. The van der Waals surface area contributed by atoms with Crippen molar-refractivity contribution in [2.45, 2.75) is 39.5 Å². The summed E-state index contributed by atoms with van der Waals surface area (Å²) in [4.78, 5) is 23.9. The molecule has 0 saturated heterocycles. The highest BCUT2D eigenvalue weighted by Gasteiger charge is 2.29. The van der Waals surface area contributed by atoms with Crippen LogP contribution in [-0.2, 0) is 4.79 Å². The van der Waals surface area contributed by atoms with Crippen LogP contribution < -0.4 is 5.32 Å². The van der Waals surface area contributed by atoms with Crippen molar-refractivity contribution in [1.29, 1.82) is 0 Å². The van der Waals surface area contributed by atoms with Gasteiger partial charge in [-0.15, -0.1) is 0 Å². The van der Waals surface area contributed by atoms with E-state index in [9.17, 15) is 9.59 Å². The van der Waals surface area contributed by atoms with Crippen molar-refractivity contribution >= 4 is 17.3 Å². The molecule has 0 aliphatic heterocycles. The molecule has 1 aromatic carbocycles. The zero-order valence-electron chi connectivity index (χ0n) is 11.5. The Labute approximate surface area is 113 Å². The second-order valence-electron chi connectivity index (χ2n) is 4.73. The van der Waals surface area contributed by atoms with Crippen LogP contribution in [0, 0.1) is 0 Å². The molecule has 3 heteroatoms. The number of unbranched alkanes of at least 4 members (excludes halogenated alkanes) is 1. The molecule has 0 saturated carbocycles. The fourth-order valence-electron chi connectivity index (χ4n) is 2.32. The number of ketones is 1. The number of carbonyl (C=O) groups excluding carboxylic acids is 2. The number of amides is 1. The molecule has 0 radical (unpaired) electrons. The molecule has 19 heavy (non-hydrogen) atoms. The van der Waals surface area contributed by atoms with Crippen molar-refractivity contribution < 1.29 is 9.59 Å². The van der Waals surface area contributed by atoms with E-state index in [1.807, 2.05) is 24.3 Å². The first-order valence-electron chi connectivity index (χ1n) is 6.86. The summed E-state index contributed by atoms with van der Waals surface area (Å²) in [6.45, 7) is 3.90. The highest BCUT2D eigenvalue weighted by molar-refractivity contribution is 6.21. The quantitative estimate of drug-likeness (QED) is 0.879. The van der Waals surface area contributed by atoms with E-state index < -0.39 is 0 Å². The van der Waals surface area contributed by atoms with E-state index in [1.165, 1.54) is 0 Å². The highest BCUT2D eigenvalue weighted by Crippen LogP contribution is 2.34. The summed E-state index contributed by atoms with van der Waals surface area (Å²) in [5.74, 6) is -0.159. The zero-order valence-corrected chi connectivity index (χ0v) is 11.5. The van der Waals surface area contributed by atoms with Crippen molar-refractivity contribution in [2.24, 2.45) is 0 Å². The van der Waals surface area contributed by atoms with Gasteiger partial charge in [0, 0.05) is 12.0 Å². The Morgan fingerprint density at radius 2 is 1.84 bits per heavy atom. The number of rotatable bonds is 5. The van der Waals surface area contributed by atoms with E-state index in [1.54, 1.807) is 6.92 Å². The summed E-state index contributed by atoms with van der Waals surface area (Å²) in [7, 11) is 0. The molecule has 0 spiro atoms. The van der Waals surface area contributed by atoms with Gasteiger partial charge in [-0.05, 0) is 24.0 Å². The van der Waals surface area contributed by atoms with E-state index in [4.69, 9.17) is 0 Å². The molecular formula is C16H19NO2. The standard InChI is InChI=1S/C16H19NO2/c1-3-5-8-12-11-9-6-7-10-13(11)16(19)15(12)17-14(18)4-2/h6-7,9-10H,3-5,8H2,1-2H3,(H,17,18,19). The van der Waals surface area contributed by atoms with Crippen LogP contribution in [0.4, 0.5) is 0 Å². The van der Waals surface area contributed by atoms with Gasteiger partial charge >= 0.3 is 0 Å². The maximum absolute atomic E-state index is 12.3. The summed E-state index contributed by atoms with van der Waals surface area (Å²) in [5.41, 5.74) is 3.16. The van der Waals surface area contributed by atoms with Gasteiger partial charge in [0.1, 0.15) is 0 Å². The fraction of sp³-hybridized carbons (Fsp3) is 0.375. The molecule has 1 aliphatic carbocycles. The molecule has 1 aliphatic rings. The van der Waals surface area contributed by atoms with Gasteiger partial charge in [0.25, 0.3) is 0 Å². The van der Waals surface area contributed by atoms with Gasteiger partial charge in [0.15, 0.2) is 0 Å². The largest absolute Gasteiger partial charge is 0.323 e. The van der Waals surface area contributed by atoms with E-state index in [0.717, 1.165) is 30.4 Å². The van der Waals surface area contributed by atoms with Crippen molar-refractivity contribution in [3.63, 3.8) is 0 Å². The summed E-state index contributed by atoms with van der Waals surface area (Å²) in [5, 5.41) is 2.78. The third-order valence-electron chi connectivity index (χ3n) is 3.39. The smallest absolute Gasteiger partial charge is 0.224 e. The molecule has 1 N–H and O–H groups in total. The van der Waals surface area contributed by atoms with Gasteiger partial charge in [0.05, 0.1) is 5.70 Å². The monoisotopic (exact) mass is 257 g/mol. The molecule has 0 aromatic heterocycles. The Hall–Kier alpha value is -1.90. The lowest BCUT2D eigenvalue weighted by molar-refractivity contribution is -0.120. The Morgan fingerprint density at radius 3 is 2.47 bits per heavy atom. The first kappa shape index (κ1) is 13.5. The zero-order chi connectivity index (χ0) is 13.8. The Morgan fingerprint density at radius 1 is 1.16 bits per heavy atom. The summed E-state index contributed by atoms with van der Waals surface area (Å²) in [6.07, 6.45) is 3.30. The Bertz CT molecular complexity index is 543. The highest BCUT2D eigenvalue weighted by atomic mass is 16.2. The van der Waals surface area contributed by atoms with Gasteiger partial charge in [-0.3, -0.25) is 9.59 Å². The second kappa shape index (κ2) is 5.83. The summed E-state index contributed by atoms with van der Waals surface area (Å²) in [6, 6.07) is 7.58. The average Bonchev–Trinajstić information content (AvgIpc) is 2.70. The first-order valence-corrected chi connectivity index (χ1v) is 6.86.